The number of amides is 4. The van der Waals surface area contributed by atoms with Crippen molar-refractivity contribution in [3.8, 4) is 33.6 Å². The molecular weight excluding hydrogens is 864 g/mol. The minimum absolute atomic E-state index is 0.0705. The number of benzene rings is 3. The molecule has 5 N–H and O–H groups in total. The Morgan fingerprint density at radius 3 is 1.82 bits per heavy atom. The molecule has 16 nitrogen and oxygen atoms in total. The standard InChI is InChI=1S/C49H57ClN8O8/c1-27-20-38(57(25-27)46(59)41(54-48(61)62)31-12-16-65-17-13-31)44-51-24-37(52-44)30-6-4-29(5-7-30)33-8-9-35-23-36(11-10-34(35)22-33)40-43(50)56-45(53-40)39-21-28(2)26-58(39)47(60)42(55-49(63)64-3)32-14-18-66-19-15-32/h4-11,22-24,27-28,31-32,38-39,41-42,54H,12-21,25-26H2,1-3H3,(H,51,52)(H,53,56)(H,55,63)(H,61,62)/t27-,28-,38-,39-,41-,42-/m0/s1. The van der Waals surface area contributed by atoms with Crippen molar-refractivity contribution in [1.29, 1.82) is 0 Å². The van der Waals surface area contributed by atoms with Crippen LogP contribution in [-0.2, 0) is 23.8 Å². The van der Waals surface area contributed by atoms with Gasteiger partial charge in [0.25, 0.3) is 0 Å². The third kappa shape index (κ3) is 9.49. The van der Waals surface area contributed by atoms with Gasteiger partial charge in [0.15, 0.2) is 5.15 Å². The van der Waals surface area contributed by atoms with Crippen LogP contribution in [0.5, 0.6) is 0 Å². The minimum Gasteiger partial charge on any atom is -0.465 e. The summed E-state index contributed by atoms with van der Waals surface area (Å²) in [5, 5.41) is 17.4. The van der Waals surface area contributed by atoms with Crippen molar-refractivity contribution in [1.82, 2.24) is 40.4 Å². The lowest BCUT2D eigenvalue weighted by atomic mass is 9.90. The Labute approximate surface area is 388 Å². The molecular formula is C49H57ClN8O8. The van der Waals surface area contributed by atoms with Crippen molar-refractivity contribution in [2.75, 3.05) is 46.6 Å². The topological polar surface area (TPSA) is 204 Å². The SMILES string of the molecule is COC(=O)N[C@H](C(=O)N1C[C@@H](C)C[C@H]1c1nc(Cl)c(-c2ccc3cc(-c4ccc(-c5c[nH]c([C@@H]6C[C@H](C)CN6C(=O)[C@@H](NC(=O)O)C6CCOCC6)n5)cc4)ccc3c2)[nH]1)C1CCOCC1. The number of alkyl carbamates (subject to hydrolysis) is 1. The zero-order valence-corrected chi connectivity index (χ0v) is 38.2. The largest absolute Gasteiger partial charge is 0.465 e. The number of hydrogen-bond acceptors (Lipinski definition) is 9. The number of ether oxygens (including phenoxy) is 3. The highest BCUT2D eigenvalue weighted by molar-refractivity contribution is 6.32. The van der Waals surface area contributed by atoms with Crippen LogP contribution < -0.4 is 10.6 Å². The van der Waals surface area contributed by atoms with Crippen LogP contribution in [0, 0.1) is 23.7 Å². The molecule has 0 radical (unpaired) electrons. The summed E-state index contributed by atoms with van der Waals surface area (Å²) in [4.78, 5) is 72.5. The van der Waals surface area contributed by atoms with Gasteiger partial charge in [-0.1, -0.05) is 74.0 Å². The van der Waals surface area contributed by atoms with E-state index in [1.807, 2.05) is 29.3 Å². The number of H-pyrrole nitrogens is 2. The lowest BCUT2D eigenvalue weighted by molar-refractivity contribution is -0.137. The van der Waals surface area contributed by atoms with Gasteiger partial charge in [0.05, 0.1) is 30.6 Å². The second-order valence-corrected chi connectivity index (χ2v) is 18.8. The van der Waals surface area contributed by atoms with Gasteiger partial charge in [-0.25, -0.2) is 19.6 Å². The number of nitrogens with one attached hydrogen (secondary N) is 4. The average molecular weight is 921 g/mol. The monoisotopic (exact) mass is 920 g/mol. The molecule has 6 heterocycles. The van der Waals surface area contributed by atoms with Gasteiger partial charge in [-0.05, 0) is 96.2 Å². The number of fused-ring (bicyclic) bond motifs is 1. The van der Waals surface area contributed by atoms with E-state index in [4.69, 9.17) is 35.8 Å². The Balaban J connectivity index is 0.889. The van der Waals surface area contributed by atoms with Crippen LogP contribution in [0.2, 0.25) is 5.15 Å². The van der Waals surface area contributed by atoms with Gasteiger partial charge < -0.3 is 49.7 Å². The van der Waals surface area contributed by atoms with Crippen molar-refractivity contribution < 1.29 is 38.5 Å². The van der Waals surface area contributed by atoms with Crippen LogP contribution in [0.25, 0.3) is 44.4 Å². The molecule has 0 spiro atoms. The molecule has 9 rings (SSSR count). The van der Waals surface area contributed by atoms with Gasteiger partial charge in [0.2, 0.25) is 11.8 Å². The van der Waals surface area contributed by atoms with Gasteiger partial charge in [0, 0.05) is 56.8 Å². The molecule has 17 heteroatoms. The molecule has 4 aliphatic heterocycles. The predicted molar refractivity (Wildman–Crippen MR) is 247 cm³/mol. The van der Waals surface area contributed by atoms with Crippen molar-refractivity contribution in [3.63, 3.8) is 0 Å². The number of likely N-dealkylation sites (tertiary alicyclic amines) is 2. The number of nitrogens with zero attached hydrogens (tertiary/aromatic N) is 4. The highest BCUT2D eigenvalue weighted by Gasteiger charge is 2.44. The van der Waals surface area contributed by atoms with E-state index in [-0.39, 0.29) is 47.6 Å². The van der Waals surface area contributed by atoms with Crippen LogP contribution in [0.4, 0.5) is 9.59 Å². The molecule has 0 bridgehead atoms. The minimum atomic E-state index is -1.21. The first-order valence-corrected chi connectivity index (χ1v) is 23.4. The van der Waals surface area contributed by atoms with Crippen molar-refractivity contribution in [2.45, 2.75) is 76.5 Å². The maximum absolute atomic E-state index is 14.2. The summed E-state index contributed by atoms with van der Waals surface area (Å²) in [6.45, 7) is 7.35. The first-order valence-electron chi connectivity index (χ1n) is 23.0. The number of carbonyl (C=O) groups excluding carboxylic acids is 3. The van der Waals surface area contributed by atoms with E-state index in [1.54, 1.807) is 4.90 Å². The Morgan fingerprint density at radius 2 is 1.24 bits per heavy atom. The molecule has 348 valence electrons. The molecule has 4 fully saturated rings. The zero-order valence-electron chi connectivity index (χ0n) is 37.4. The van der Waals surface area contributed by atoms with Crippen LogP contribution in [0.3, 0.4) is 0 Å². The molecule has 6 atom stereocenters. The maximum atomic E-state index is 14.2. The van der Waals surface area contributed by atoms with E-state index in [0.29, 0.717) is 94.1 Å². The number of halogens is 1. The second kappa shape index (κ2) is 19.5. The number of carboxylic acid groups (broad SMARTS) is 1. The summed E-state index contributed by atoms with van der Waals surface area (Å²) in [6, 6.07) is 18.5. The molecule has 0 saturated carbocycles. The first kappa shape index (κ1) is 45.2. The molecule has 0 unspecified atom stereocenters. The smallest absolute Gasteiger partial charge is 0.407 e. The lowest BCUT2D eigenvalue weighted by Gasteiger charge is -2.34. The molecule has 66 heavy (non-hydrogen) atoms. The number of methoxy groups -OCH3 is 1. The highest BCUT2D eigenvalue weighted by atomic mass is 35.5. The van der Waals surface area contributed by atoms with Gasteiger partial charge in [0.1, 0.15) is 23.7 Å². The molecule has 4 amide bonds. The summed E-state index contributed by atoms with van der Waals surface area (Å²) in [5.74, 6) is 1.17. The Hall–Kier alpha value is -5.97. The number of aromatic amines is 2. The Kier molecular flexibility index (Phi) is 13.3. The summed E-state index contributed by atoms with van der Waals surface area (Å²) < 4.78 is 15.9. The first-order chi connectivity index (χ1) is 31.9. The molecule has 5 aromatic rings. The molecule has 0 aliphatic carbocycles. The fourth-order valence-electron chi connectivity index (χ4n) is 10.4. The second-order valence-electron chi connectivity index (χ2n) is 18.4. The van der Waals surface area contributed by atoms with Crippen molar-refractivity contribution in [3.05, 3.63) is 83.7 Å². The van der Waals surface area contributed by atoms with Crippen LogP contribution in [-0.4, -0.2) is 118 Å². The Morgan fingerprint density at radius 1 is 0.727 bits per heavy atom. The van der Waals surface area contributed by atoms with E-state index >= 15 is 0 Å². The van der Waals surface area contributed by atoms with E-state index in [0.717, 1.165) is 45.1 Å². The van der Waals surface area contributed by atoms with Gasteiger partial charge in [-0.15, -0.1) is 0 Å². The Bertz CT molecular complexity index is 2570. The van der Waals surface area contributed by atoms with Crippen molar-refractivity contribution >= 4 is 46.4 Å². The fourth-order valence-corrected chi connectivity index (χ4v) is 10.7. The average Bonchev–Trinajstić information content (AvgIpc) is 4.16. The quantitative estimate of drug-likeness (QED) is 0.0864. The molecule has 2 aromatic heterocycles. The van der Waals surface area contributed by atoms with Gasteiger partial charge >= 0.3 is 12.2 Å². The summed E-state index contributed by atoms with van der Waals surface area (Å²) in [6.07, 6.45) is 4.02. The number of aromatic nitrogens is 4. The van der Waals surface area contributed by atoms with Gasteiger partial charge in [-0.2, -0.15) is 0 Å². The van der Waals surface area contributed by atoms with Crippen LogP contribution >= 0.6 is 11.6 Å². The summed E-state index contributed by atoms with van der Waals surface area (Å²) in [7, 11) is 1.30. The number of hydrogen-bond donors (Lipinski definition) is 5. The number of imidazole rings is 2. The number of carbonyl (C=O) groups is 4. The highest BCUT2D eigenvalue weighted by Crippen LogP contribution is 2.40. The third-order valence-electron chi connectivity index (χ3n) is 13.9. The summed E-state index contributed by atoms with van der Waals surface area (Å²) >= 11 is 6.84. The van der Waals surface area contributed by atoms with Gasteiger partial charge in [-0.3, -0.25) is 9.59 Å². The maximum Gasteiger partial charge on any atom is 0.407 e. The van der Waals surface area contributed by atoms with E-state index in [1.165, 1.54) is 7.11 Å². The fraction of sp³-hybridized carbons (Fsp3) is 0.469. The zero-order chi connectivity index (χ0) is 46.1. The van der Waals surface area contributed by atoms with Crippen LogP contribution in [0.1, 0.15) is 76.1 Å². The van der Waals surface area contributed by atoms with E-state index in [2.05, 4.69) is 76.9 Å². The summed E-state index contributed by atoms with van der Waals surface area (Å²) in [5.41, 5.74) is 5.32. The molecule has 3 aromatic carbocycles. The molecule has 4 aliphatic rings. The predicted octanol–water partition coefficient (Wildman–Crippen LogP) is 7.97. The lowest BCUT2D eigenvalue weighted by Crippen LogP contribution is -2.53. The normalized spacial score (nSPS) is 22.6. The van der Waals surface area contributed by atoms with Crippen LogP contribution in [0.15, 0.2) is 66.9 Å². The van der Waals surface area contributed by atoms with E-state index < -0.39 is 24.3 Å². The third-order valence-corrected chi connectivity index (χ3v) is 14.2. The van der Waals surface area contributed by atoms with E-state index in [9.17, 15) is 24.3 Å². The molecule has 4 saturated heterocycles. The van der Waals surface area contributed by atoms with Crippen molar-refractivity contribution in [2.24, 2.45) is 23.7 Å². The number of rotatable bonds is 11.